The fraction of sp³-hybridized carbons (Fsp3) is 0.359. The number of halogens is 5. The number of piperidine rings is 3. The van der Waals surface area contributed by atoms with Crippen molar-refractivity contribution in [1.29, 1.82) is 0 Å². The van der Waals surface area contributed by atoms with Gasteiger partial charge in [0.15, 0.2) is 11.5 Å². The van der Waals surface area contributed by atoms with Crippen LogP contribution in [0.2, 0.25) is 10.0 Å². The average Bonchev–Trinajstić information content (AvgIpc) is 3.13. The van der Waals surface area contributed by atoms with Crippen LogP contribution in [-0.4, -0.2) is 60.4 Å². The van der Waals surface area contributed by atoms with Crippen LogP contribution in [0.3, 0.4) is 0 Å². The fourth-order valence-corrected chi connectivity index (χ4v) is 7.11. The highest BCUT2D eigenvalue weighted by atomic mass is 35.5. The molecule has 0 spiro atoms. The third-order valence-corrected chi connectivity index (χ3v) is 9.90. The molecule has 3 fully saturated rings. The number of carbonyl (C=O) groups is 2. The Hall–Kier alpha value is -4.52. The number of nitrogens with zero attached hydrogens (tertiary/aromatic N) is 3. The molecular formula is C39H38Cl2F3N3O6. The summed E-state index contributed by atoms with van der Waals surface area (Å²) in [7, 11) is 0. The van der Waals surface area contributed by atoms with Crippen molar-refractivity contribution in [1.82, 2.24) is 9.88 Å². The molecule has 280 valence electrons. The van der Waals surface area contributed by atoms with Crippen LogP contribution >= 0.6 is 23.2 Å². The summed E-state index contributed by atoms with van der Waals surface area (Å²) in [6, 6.07) is 16.6. The van der Waals surface area contributed by atoms with E-state index in [-0.39, 0.29) is 63.9 Å². The largest absolute Gasteiger partial charge is 0.487 e. The number of esters is 1. The zero-order chi connectivity index (χ0) is 37.6. The Labute approximate surface area is 315 Å². The first-order valence-corrected chi connectivity index (χ1v) is 18.0. The number of carbonyl (C=O) groups excluding carboxylic acids is 2. The maximum absolute atomic E-state index is 15.0. The van der Waals surface area contributed by atoms with Gasteiger partial charge < -0.3 is 18.9 Å². The summed E-state index contributed by atoms with van der Waals surface area (Å²) in [4.78, 5) is 34.8. The van der Waals surface area contributed by atoms with Gasteiger partial charge in [-0.05, 0) is 98.8 Å². The van der Waals surface area contributed by atoms with Crippen LogP contribution in [-0.2, 0) is 22.4 Å². The van der Waals surface area contributed by atoms with E-state index in [2.05, 4.69) is 14.6 Å². The molecule has 0 aliphatic carbocycles. The Morgan fingerprint density at radius 2 is 1.64 bits per heavy atom. The normalized spacial score (nSPS) is 18.5. The van der Waals surface area contributed by atoms with Crippen LogP contribution in [0.25, 0.3) is 0 Å². The molecule has 14 heteroatoms. The first-order valence-electron chi connectivity index (χ1n) is 17.2. The standard InChI is InChI=1S/C39H38Cl2F3N3O6/c1-23(2)50-35-17-27(11-12-33(35)52-38(43)44)34(18-28-29(40)19-45-20-30(28)41)51-37(48)26-9-7-24(8-10-26)21-47(32-6-4-3-5-31(32)42)39(49)53-36-22-46-15-13-25(36)14-16-46/h3-12,17,19-20,23,25,34,36,38H,13-16,18,21-22H2,1-2H3/t34-,36-/m0/s1. The van der Waals surface area contributed by atoms with Crippen LogP contribution in [0, 0.1) is 11.7 Å². The van der Waals surface area contributed by atoms with Gasteiger partial charge in [-0.3, -0.25) is 14.8 Å². The van der Waals surface area contributed by atoms with Crippen molar-refractivity contribution in [3.8, 4) is 11.5 Å². The van der Waals surface area contributed by atoms with Gasteiger partial charge in [0.05, 0.1) is 33.9 Å². The number of ether oxygens (including phenoxy) is 4. The molecule has 3 aliphatic rings. The van der Waals surface area contributed by atoms with Crippen LogP contribution < -0.4 is 14.4 Å². The predicted octanol–water partition coefficient (Wildman–Crippen LogP) is 9.29. The molecule has 3 aromatic carbocycles. The highest BCUT2D eigenvalue weighted by Crippen LogP contribution is 2.37. The molecule has 0 radical (unpaired) electrons. The summed E-state index contributed by atoms with van der Waals surface area (Å²) in [5.74, 6) is -1.18. The second-order valence-electron chi connectivity index (χ2n) is 13.2. The van der Waals surface area contributed by atoms with E-state index in [1.807, 2.05) is 0 Å². The van der Waals surface area contributed by atoms with Crippen molar-refractivity contribution in [2.24, 2.45) is 5.92 Å². The Morgan fingerprint density at radius 3 is 2.26 bits per heavy atom. The van der Waals surface area contributed by atoms with Crippen LogP contribution in [0.4, 0.5) is 23.7 Å². The maximum Gasteiger partial charge on any atom is 0.415 e. The lowest BCUT2D eigenvalue weighted by Crippen LogP contribution is -2.53. The average molecular weight is 773 g/mol. The number of aromatic nitrogens is 1. The molecule has 4 heterocycles. The minimum Gasteiger partial charge on any atom is -0.487 e. The molecule has 4 aromatic rings. The van der Waals surface area contributed by atoms with Gasteiger partial charge in [0.2, 0.25) is 0 Å². The molecule has 9 nitrogen and oxygen atoms in total. The van der Waals surface area contributed by atoms with E-state index in [0.717, 1.165) is 25.9 Å². The zero-order valence-electron chi connectivity index (χ0n) is 29.0. The number of para-hydroxylation sites is 1. The molecule has 3 saturated heterocycles. The van der Waals surface area contributed by atoms with Gasteiger partial charge in [0.25, 0.3) is 0 Å². The first kappa shape index (κ1) is 38.2. The van der Waals surface area contributed by atoms with E-state index in [0.29, 0.717) is 23.2 Å². The Kier molecular flexibility index (Phi) is 12.3. The van der Waals surface area contributed by atoms with Gasteiger partial charge >= 0.3 is 18.7 Å². The number of anilines is 1. The number of pyridine rings is 1. The summed E-state index contributed by atoms with van der Waals surface area (Å²) in [5.41, 5.74) is 1.71. The molecule has 0 N–H and O–H groups in total. The summed E-state index contributed by atoms with van der Waals surface area (Å²) < 4.78 is 63.8. The van der Waals surface area contributed by atoms with Gasteiger partial charge in [-0.25, -0.2) is 14.0 Å². The van der Waals surface area contributed by atoms with E-state index in [1.54, 1.807) is 38.1 Å². The molecule has 53 heavy (non-hydrogen) atoms. The van der Waals surface area contributed by atoms with Crippen molar-refractivity contribution in [2.45, 2.75) is 64.6 Å². The minimum atomic E-state index is -3.09. The number of benzene rings is 3. The zero-order valence-corrected chi connectivity index (χ0v) is 30.5. The van der Waals surface area contributed by atoms with E-state index in [1.165, 1.54) is 59.8 Å². The topological polar surface area (TPSA) is 90.4 Å². The van der Waals surface area contributed by atoms with Crippen molar-refractivity contribution < 1.29 is 41.7 Å². The summed E-state index contributed by atoms with van der Waals surface area (Å²) in [6.45, 7) is 2.96. The maximum atomic E-state index is 15.0. The Morgan fingerprint density at radius 1 is 0.943 bits per heavy atom. The highest BCUT2D eigenvalue weighted by molar-refractivity contribution is 6.35. The lowest BCUT2D eigenvalue weighted by molar-refractivity contribution is -0.0519. The number of rotatable bonds is 13. The predicted molar refractivity (Wildman–Crippen MR) is 193 cm³/mol. The molecular weight excluding hydrogens is 734 g/mol. The molecule has 7 rings (SSSR count). The smallest absolute Gasteiger partial charge is 0.415 e. The molecule has 2 bridgehead atoms. The molecule has 0 saturated carbocycles. The molecule has 1 amide bonds. The van der Waals surface area contributed by atoms with Crippen LogP contribution in [0.15, 0.2) is 79.1 Å². The number of hydrogen-bond acceptors (Lipinski definition) is 8. The molecule has 2 atom stereocenters. The number of alkyl halides is 2. The SMILES string of the molecule is CC(C)Oc1cc([C@H](Cc2c(Cl)cncc2Cl)OC(=O)c2ccc(CN(C(=O)O[C@H]3CN4CCC3CC4)c3ccccc3F)cc2)ccc1OC(F)F. The summed E-state index contributed by atoms with van der Waals surface area (Å²) in [5, 5.41) is 0.483. The van der Waals surface area contributed by atoms with Crippen molar-refractivity contribution in [2.75, 3.05) is 24.5 Å². The number of hydrogen-bond donors (Lipinski definition) is 0. The number of fused-ring (bicyclic) bond motifs is 3. The second-order valence-corrected chi connectivity index (χ2v) is 14.0. The lowest BCUT2D eigenvalue weighted by Gasteiger charge is -2.44. The van der Waals surface area contributed by atoms with E-state index in [9.17, 15) is 18.4 Å². The van der Waals surface area contributed by atoms with E-state index < -0.39 is 30.6 Å². The summed E-state index contributed by atoms with van der Waals surface area (Å²) in [6.07, 6.45) is 2.41. The molecule has 1 aromatic heterocycles. The third-order valence-electron chi connectivity index (χ3n) is 9.25. The van der Waals surface area contributed by atoms with Crippen LogP contribution in [0.1, 0.15) is 59.8 Å². The monoisotopic (exact) mass is 771 g/mol. The first-order chi connectivity index (χ1) is 25.4. The lowest BCUT2D eigenvalue weighted by atomic mass is 9.86. The molecule has 0 unspecified atom stereocenters. The van der Waals surface area contributed by atoms with E-state index in [4.69, 9.17) is 37.4 Å². The highest BCUT2D eigenvalue weighted by Gasteiger charge is 2.38. The van der Waals surface area contributed by atoms with E-state index >= 15 is 4.39 Å². The minimum absolute atomic E-state index is 0.0134. The van der Waals surface area contributed by atoms with Crippen molar-refractivity contribution in [3.63, 3.8) is 0 Å². The third kappa shape index (κ3) is 9.54. The Bertz CT molecular complexity index is 1890. The van der Waals surface area contributed by atoms with Crippen molar-refractivity contribution in [3.05, 3.63) is 117 Å². The Balaban J connectivity index is 1.23. The van der Waals surface area contributed by atoms with Gasteiger partial charge in [-0.2, -0.15) is 8.78 Å². The summed E-state index contributed by atoms with van der Waals surface area (Å²) >= 11 is 12.9. The quantitative estimate of drug-likeness (QED) is 0.124. The second kappa shape index (κ2) is 17.1. The fourth-order valence-electron chi connectivity index (χ4n) is 6.59. The van der Waals surface area contributed by atoms with Gasteiger partial charge in [-0.1, -0.05) is 53.5 Å². The van der Waals surface area contributed by atoms with Crippen molar-refractivity contribution >= 4 is 41.0 Å². The van der Waals surface area contributed by atoms with Gasteiger partial charge in [0, 0.05) is 25.4 Å². The molecule has 3 aliphatic heterocycles. The van der Waals surface area contributed by atoms with Gasteiger partial charge in [0.1, 0.15) is 18.0 Å². The van der Waals surface area contributed by atoms with Gasteiger partial charge in [-0.15, -0.1) is 0 Å². The van der Waals surface area contributed by atoms with Crippen LogP contribution in [0.5, 0.6) is 11.5 Å². The number of amides is 1.